The fraction of sp³-hybridized carbons (Fsp3) is 0.556. The number of benzene rings is 1. The number of imide groups is 1. The largest absolute Gasteiger partial charge is 0.488 e. The van der Waals surface area contributed by atoms with Gasteiger partial charge in [0.25, 0.3) is 0 Å². The maximum Gasteiger partial charge on any atom is 0.235 e. The van der Waals surface area contributed by atoms with Gasteiger partial charge in [0, 0.05) is 6.42 Å². The van der Waals surface area contributed by atoms with E-state index in [9.17, 15) is 19.1 Å². The third kappa shape index (κ3) is 3.29. The summed E-state index contributed by atoms with van der Waals surface area (Å²) < 4.78 is 18.7. The van der Waals surface area contributed by atoms with E-state index in [-0.39, 0.29) is 37.1 Å². The van der Waals surface area contributed by atoms with Crippen LogP contribution < -0.4 is 4.74 Å². The topological polar surface area (TPSA) is 66.8 Å². The van der Waals surface area contributed by atoms with E-state index in [2.05, 4.69) is 0 Å². The minimum atomic E-state index is -1.05. The molecule has 1 aromatic carbocycles. The second-order valence-corrected chi connectivity index (χ2v) is 6.72. The number of aliphatic hydroxyl groups is 1. The summed E-state index contributed by atoms with van der Waals surface area (Å²) in [5.74, 6) is -0.873. The van der Waals surface area contributed by atoms with Crippen molar-refractivity contribution in [2.75, 3.05) is 13.2 Å². The lowest BCUT2D eigenvalue weighted by Crippen LogP contribution is -2.42. The van der Waals surface area contributed by atoms with Crippen molar-refractivity contribution in [3.63, 3.8) is 0 Å². The molecule has 1 atom stereocenters. The molecule has 0 aromatic heterocycles. The lowest BCUT2D eigenvalue weighted by atomic mass is 9.73. The van der Waals surface area contributed by atoms with Crippen molar-refractivity contribution in [3.8, 4) is 5.75 Å². The average Bonchev–Trinajstić information content (AvgIpc) is 2.79. The zero-order valence-electron chi connectivity index (χ0n) is 13.5. The van der Waals surface area contributed by atoms with E-state index in [1.807, 2.05) is 0 Å². The van der Waals surface area contributed by atoms with Gasteiger partial charge in [-0.25, -0.2) is 4.39 Å². The van der Waals surface area contributed by atoms with Gasteiger partial charge in [-0.2, -0.15) is 0 Å². The van der Waals surface area contributed by atoms with E-state index >= 15 is 0 Å². The fourth-order valence-corrected chi connectivity index (χ4v) is 3.68. The predicted octanol–water partition coefficient (Wildman–Crippen LogP) is 2.27. The van der Waals surface area contributed by atoms with E-state index in [0.717, 1.165) is 37.0 Å². The van der Waals surface area contributed by atoms with Gasteiger partial charge in [-0.3, -0.25) is 14.5 Å². The van der Waals surface area contributed by atoms with Gasteiger partial charge in [-0.1, -0.05) is 31.4 Å². The average molecular weight is 335 g/mol. The van der Waals surface area contributed by atoms with E-state index in [0.29, 0.717) is 0 Å². The molecule has 1 heterocycles. The first kappa shape index (κ1) is 16.9. The number of carbonyl (C=O) groups is 2. The highest BCUT2D eigenvalue weighted by atomic mass is 19.1. The Kier molecular flexibility index (Phi) is 4.85. The summed E-state index contributed by atoms with van der Waals surface area (Å²) in [6.45, 7) is -0.279. The Morgan fingerprint density at radius 2 is 1.92 bits per heavy atom. The number of hydrogen-bond donors (Lipinski definition) is 1. The molecule has 6 heteroatoms. The first-order valence-corrected chi connectivity index (χ1v) is 8.42. The van der Waals surface area contributed by atoms with Crippen molar-refractivity contribution in [2.45, 2.75) is 44.6 Å². The third-order valence-electron chi connectivity index (χ3n) is 4.96. The first-order chi connectivity index (χ1) is 11.5. The molecule has 1 aliphatic heterocycles. The number of hydrogen-bond acceptors (Lipinski definition) is 4. The van der Waals surface area contributed by atoms with Gasteiger partial charge in [-0.15, -0.1) is 0 Å². The van der Waals surface area contributed by atoms with Crippen molar-refractivity contribution in [3.05, 3.63) is 30.1 Å². The van der Waals surface area contributed by atoms with Crippen LogP contribution in [-0.2, 0) is 9.59 Å². The van der Waals surface area contributed by atoms with Crippen LogP contribution in [0, 0.1) is 11.2 Å². The summed E-state index contributed by atoms with van der Waals surface area (Å²) >= 11 is 0. The molecule has 5 nitrogen and oxygen atoms in total. The maximum atomic E-state index is 13.5. The molecular weight excluding hydrogens is 313 g/mol. The maximum absolute atomic E-state index is 13.5. The molecule has 0 radical (unpaired) electrons. The number of likely N-dealkylation sites (tertiary alicyclic amines) is 1. The SMILES string of the molecule is O=C1CC2(CCCCC2)C(=O)N1C[C@H](O)COc1ccccc1F. The quantitative estimate of drug-likeness (QED) is 0.838. The summed E-state index contributed by atoms with van der Waals surface area (Å²) in [5, 5.41) is 10.1. The van der Waals surface area contributed by atoms with Gasteiger partial charge >= 0.3 is 0 Å². The molecule has 2 amide bonds. The normalized spacial score (nSPS) is 21.3. The standard InChI is InChI=1S/C18H22FNO4/c19-14-6-2-3-7-15(14)24-12-13(21)11-20-16(22)10-18(17(20)23)8-4-1-5-9-18/h2-3,6-7,13,21H,1,4-5,8-12H2/t13-/m0/s1. The Hall–Kier alpha value is -1.95. The van der Waals surface area contributed by atoms with Gasteiger partial charge in [0.15, 0.2) is 11.6 Å². The van der Waals surface area contributed by atoms with Gasteiger partial charge in [0.05, 0.1) is 12.0 Å². The molecule has 130 valence electrons. The minimum absolute atomic E-state index is 0.0411. The Balaban J connectivity index is 1.58. The molecule has 2 aliphatic rings. The number of halogens is 1. The highest BCUT2D eigenvalue weighted by Gasteiger charge is 2.51. The van der Waals surface area contributed by atoms with Gasteiger partial charge in [0.1, 0.15) is 12.7 Å². The molecule has 24 heavy (non-hydrogen) atoms. The van der Waals surface area contributed by atoms with Crippen LogP contribution in [0.1, 0.15) is 38.5 Å². The van der Waals surface area contributed by atoms with Crippen LogP contribution in [0.3, 0.4) is 0 Å². The van der Waals surface area contributed by atoms with Crippen LogP contribution in [0.2, 0.25) is 0 Å². The number of β-amino-alcohol motifs (C(OH)–C–C–N with tert-alkyl or cyclic N) is 1. The predicted molar refractivity (Wildman–Crippen MR) is 84.8 cm³/mol. The molecule has 1 saturated heterocycles. The lowest BCUT2D eigenvalue weighted by Gasteiger charge is -2.30. The van der Waals surface area contributed by atoms with Crippen LogP contribution in [0.25, 0.3) is 0 Å². The Bertz CT molecular complexity index is 627. The number of carbonyl (C=O) groups excluding carboxylic acids is 2. The van der Waals surface area contributed by atoms with Crippen molar-refractivity contribution >= 4 is 11.8 Å². The third-order valence-corrected chi connectivity index (χ3v) is 4.96. The molecule has 1 N–H and O–H groups in total. The molecular formula is C18H22FNO4. The number of ether oxygens (including phenoxy) is 1. The monoisotopic (exact) mass is 335 g/mol. The van der Waals surface area contributed by atoms with Crippen LogP contribution >= 0.6 is 0 Å². The number of rotatable bonds is 5. The summed E-state index contributed by atoms with van der Waals surface area (Å²) in [7, 11) is 0. The number of amides is 2. The zero-order valence-corrected chi connectivity index (χ0v) is 13.5. The summed E-state index contributed by atoms with van der Waals surface area (Å²) in [6, 6.07) is 5.91. The molecule has 1 saturated carbocycles. The summed E-state index contributed by atoms with van der Waals surface area (Å²) in [5.41, 5.74) is -0.554. The van der Waals surface area contributed by atoms with Gasteiger partial charge in [-0.05, 0) is 25.0 Å². The van der Waals surface area contributed by atoms with E-state index < -0.39 is 17.3 Å². The van der Waals surface area contributed by atoms with Crippen molar-refractivity contribution in [2.24, 2.45) is 5.41 Å². The van der Waals surface area contributed by atoms with Crippen LogP contribution in [0.5, 0.6) is 5.75 Å². The number of aliphatic hydroxyl groups excluding tert-OH is 1. The highest BCUT2D eigenvalue weighted by Crippen LogP contribution is 2.45. The lowest BCUT2D eigenvalue weighted by molar-refractivity contribution is -0.144. The molecule has 3 rings (SSSR count). The van der Waals surface area contributed by atoms with Crippen LogP contribution in [0.15, 0.2) is 24.3 Å². The number of para-hydroxylation sites is 1. The van der Waals surface area contributed by atoms with Crippen molar-refractivity contribution in [1.82, 2.24) is 4.90 Å². The summed E-state index contributed by atoms with van der Waals surface area (Å²) in [6.07, 6.45) is 3.72. The smallest absolute Gasteiger partial charge is 0.235 e. The minimum Gasteiger partial charge on any atom is -0.488 e. The molecule has 2 fully saturated rings. The Morgan fingerprint density at radius 3 is 2.62 bits per heavy atom. The van der Waals surface area contributed by atoms with Crippen molar-refractivity contribution < 1.29 is 23.8 Å². The molecule has 1 aromatic rings. The molecule has 0 unspecified atom stereocenters. The number of nitrogens with zero attached hydrogens (tertiary/aromatic N) is 1. The van der Waals surface area contributed by atoms with Crippen LogP contribution in [-0.4, -0.2) is 41.1 Å². The van der Waals surface area contributed by atoms with Crippen molar-refractivity contribution in [1.29, 1.82) is 0 Å². The van der Waals surface area contributed by atoms with Gasteiger partial charge < -0.3 is 9.84 Å². The van der Waals surface area contributed by atoms with Gasteiger partial charge in [0.2, 0.25) is 11.8 Å². The molecule has 1 aliphatic carbocycles. The van der Waals surface area contributed by atoms with E-state index in [1.165, 1.54) is 12.1 Å². The van der Waals surface area contributed by atoms with E-state index in [1.54, 1.807) is 12.1 Å². The Labute approximate surface area is 140 Å². The summed E-state index contributed by atoms with van der Waals surface area (Å²) in [4.78, 5) is 26.0. The Morgan fingerprint density at radius 1 is 1.21 bits per heavy atom. The second-order valence-electron chi connectivity index (χ2n) is 6.72. The molecule has 0 bridgehead atoms. The first-order valence-electron chi connectivity index (χ1n) is 8.42. The fourth-order valence-electron chi connectivity index (χ4n) is 3.68. The van der Waals surface area contributed by atoms with Crippen LogP contribution in [0.4, 0.5) is 4.39 Å². The highest BCUT2D eigenvalue weighted by molar-refractivity contribution is 6.05. The zero-order chi connectivity index (χ0) is 17.2. The second kappa shape index (κ2) is 6.89. The van der Waals surface area contributed by atoms with E-state index in [4.69, 9.17) is 4.74 Å². The molecule has 1 spiro atoms.